The highest BCUT2D eigenvalue weighted by Crippen LogP contribution is 2.27. The van der Waals surface area contributed by atoms with Crippen molar-refractivity contribution >= 4 is 0 Å². The van der Waals surface area contributed by atoms with E-state index in [-0.39, 0.29) is 5.56 Å². The molecule has 0 fully saturated rings. The molecular formula is C14H14N2O. The van der Waals surface area contributed by atoms with Crippen LogP contribution in [0.25, 0.3) is 11.3 Å². The van der Waals surface area contributed by atoms with Crippen molar-refractivity contribution in [2.24, 2.45) is 0 Å². The molecule has 1 aliphatic carbocycles. The Morgan fingerprint density at radius 3 is 2.47 bits per heavy atom. The molecule has 0 unspecified atom stereocenters. The van der Waals surface area contributed by atoms with E-state index in [1.807, 2.05) is 30.3 Å². The molecule has 0 spiro atoms. The minimum Gasteiger partial charge on any atom is -0.268 e. The van der Waals surface area contributed by atoms with Crippen LogP contribution in [0, 0.1) is 0 Å². The molecule has 0 aliphatic heterocycles. The number of nitrogens with one attached hydrogen (secondary N) is 1. The van der Waals surface area contributed by atoms with Gasteiger partial charge in [0.2, 0.25) is 0 Å². The van der Waals surface area contributed by atoms with E-state index in [1.54, 1.807) is 0 Å². The first-order valence-electron chi connectivity index (χ1n) is 6.02. The Labute approximate surface area is 99.5 Å². The summed E-state index contributed by atoms with van der Waals surface area (Å²) in [5, 5.41) is 6.85. The summed E-state index contributed by atoms with van der Waals surface area (Å²) < 4.78 is 0. The molecule has 1 aliphatic rings. The quantitative estimate of drug-likeness (QED) is 0.811. The maximum absolute atomic E-state index is 11.7. The summed E-state index contributed by atoms with van der Waals surface area (Å²) in [7, 11) is 0. The van der Waals surface area contributed by atoms with Crippen molar-refractivity contribution in [1.29, 1.82) is 0 Å². The van der Waals surface area contributed by atoms with E-state index in [9.17, 15) is 4.79 Å². The highest BCUT2D eigenvalue weighted by Gasteiger charge is 2.18. The topological polar surface area (TPSA) is 45.8 Å². The van der Waals surface area contributed by atoms with Gasteiger partial charge in [0.25, 0.3) is 5.56 Å². The highest BCUT2D eigenvalue weighted by atomic mass is 16.1. The molecule has 0 saturated carbocycles. The molecule has 17 heavy (non-hydrogen) atoms. The molecule has 1 aromatic carbocycles. The summed E-state index contributed by atoms with van der Waals surface area (Å²) in [6, 6.07) is 10.1. The fourth-order valence-electron chi connectivity index (χ4n) is 2.49. The van der Waals surface area contributed by atoms with E-state index in [0.717, 1.165) is 48.1 Å². The Morgan fingerprint density at radius 2 is 1.71 bits per heavy atom. The fourth-order valence-corrected chi connectivity index (χ4v) is 2.49. The van der Waals surface area contributed by atoms with Gasteiger partial charge in [-0.15, -0.1) is 0 Å². The minimum absolute atomic E-state index is 0.0145. The van der Waals surface area contributed by atoms with Gasteiger partial charge < -0.3 is 0 Å². The van der Waals surface area contributed by atoms with Crippen molar-refractivity contribution < 1.29 is 0 Å². The second-order valence-corrected chi connectivity index (χ2v) is 4.43. The number of fused-ring (bicyclic) bond motifs is 1. The Balaban J connectivity index is 2.22. The van der Waals surface area contributed by atoms with Crippen LogP contribution in [-0.2, 0) is 12.8 Å². The van der Waals surface area contributed by atoms with Gasteiger partial charge in [0.15, 0.2) is 0 Å². The number of hydrogen-bond acceptors (Lipinski definition) is 2. The van der Waals surface area contributed by atoms with Crippen LogP contribution in [0.1, 0.15) is 24.0 Å². The highest BCUT2D eigenvalue weighted by molar-refractivity contribution is 5.64. The zero-order chi connectivity index (χ0) is 11.7. The number of nitrogens with zero attached hydrogens (tertiary/aromatic N) is 1. The summed E-state index contributed by atoms with van der Waals surface area (Å²) in [5.74, 6) is 0. The maximum atomic E-state index is 11.7. The molecule has 3 rings (SSSR count). The van der Waals surface area contributed by atoms with E-state index in [1.165, 1.54) is 0 Å². The van der Waals surface area contributed by atoms with Gasteiger partial charge in [0.05, 0.1) is 5.69 Å². The number of aromatic nitrogens is 2. The number of hydrogen-bond donors (Lipinski definition) is 1. The Hall–Kier alpha value is -1.90. The average molecular weight is 226 g/mol. The molecule has 0 radical (unpaired) electrons. The average Bonchev–Trinajstić information content (AvgIpc) is 2.41. The zero-order valence-corrected chi connectivity index (χ0v) is 9.57. The Morgan fingerprint density at radius 1 is 1.00 bits per heavy atom. The molecule has 0 saturated heterocycles. The van der Waals surface area contributed by atoms with Crippen molar-refractivity contribution in [2.75, 3.05) is 0 Å². The molecule has 3 heteroatoms. The molecule has 0 amide bonds. The SMILES string of the molecule is O=c1[nH]nc(-c2ccccc2)c2c1CCCC2. The minimum atomic E-state index is -0.0145. The van der Waals surface area contributed by atoms with Crippen LogP contribution in [0.3, 0.4) is 0 Å². The first kappa shape index (κ1) is 10.3. The number of aromatic amines is 1. The largest absolute Gasteiger partial charge is 0.268 e. The molecule has 1 heterocycles. The number of rotatable bonds is 1. The van der Waals surface area contributed by atoms with Crippen LogP contribution in [0.2, 0.25) is 0 Å². The second kappa shape index (κ2) is 4.17. The van der Waals surface area contributed by atoms with Crippen LogP contribution in [0.4, 0.5) is 0 Å². The van der Waals surface area contributed by atoms with Gasteiger partial charge >= 0.3 is 0 Å². The van der Waals surface area contributed by atoms with Crippen molar-refractivity contribution in [3.05, 3.63) is 51.8 Å². The predicted molar refractivity (Wildman–Crippen MR) is 66.9 cm³/mol. The molecule has 1 N–H and O–H groups in total. The van der Waals surface area contributed by atoms with E-state index in [0.29, 0.717) is 0 Å². The summed E-state index contributed by atoms with van der Waals surface area (Å²) in [6.07, 6.45) is 4.11. The van der Waals surface area contributed by atoms with Crippen LogP contribution in [0.15, 0.2) is 35.1 Å². The third-order valence-electron chi connectivity index (χ3n) is 3.34. The molecular weight excluding hydrogens is 212 g/mol. The fraction of sp³-hybridized carbons (Fsp3) is 0.286. The molecule has 0 atom stereocenters. The lowest BCUT2D eigenvalue weighted by molar-refractivity contribution is 0.669. The Kier molecular flexibility index (Phi) is 2.52. The third-order valence-corrected chi connectivity index (χ3v) is 3.34. The lowest BCUT2D eigenvalue weighted by atomic mass is 9.90. The van der Waals surface area contributed by atoms with Crippen molar-refractivity contribution in [2.45, 2.75) is 25.7 Å². The van der Waals surface area contributed by atoms with E-state index < -0.39 is 0 Å². The summed E-state index contributed by atoms with van der Waals surface area (Å²) in [4.78, 5) is 11.7. The van der Waals surface area contributed by atoms with Gasteiger partial charge in [-0.2, -0.15) is 5.10 Å². The molecule has 0 bridgehead atoms. The summed E-state index contributed by atoms with van der Waals surface area (Å²) in [5.41, 5.74) is 4.09. The third kappa shape index (κ3) is 1.78. The zero-order valence-electron chi connectivity index (χ0n) is 9.57. The molecule has 86 valence electrons. The first-order valence-corrected chi connectivity index (χ1v) is 6.02. The van der Waals surface area contributed by atoms with E-state index in [4.69, 9.17) is 0 Å². The van der Waals surface area contributed by atoms with E-state index in [2.05, 4.69) is 10.2 Å². The first-order chi connectivity index (χ1) is 8.36. The molecule has 2 aromatic rings. The Bertz CT molecular complexity index is 587. The van der Waals surface area contributed by atoms with Crippen LogP contribution in [-0.4, -0.2) is 10.2 Å². The maximum Gasteiger partial charge on any atom is 0.267 e. The van der Waals surface area contributed by atoms with Gasteiger partial charge in [-0.3, -0.25) is 4.79 Å². The lowest BCUT2D eigenvalue weighted by Gasteiger charge is -2.17. The molecule has 3 nitrogen and oxygen atoms in total. The number of H-pyrrole nitrogens is 1. The molecule has 1 aromatic heterocycles. The monoisotopic (exact) mass is 226 g/mol. The van der Waals surface area contributed by atoms with Crippen LogP contribution in [0.5, 0.6) is 0 Å². The van der Waals surface area contributed by atoms with Gasteiger partial charge in [0.1, 0.15) is 0 Å². The van der Waals surface area contributed by atoms with Gasteiger partial charge in [0, 0.05) is 11.1 Å². The van der Waals surface area contributed by atoms with Gasteiger partial charge in [-0.1, -0.05) is 30.3 Å². The lowest BCUT2D eigenvalue weighted by Crippen LogP contribution is -2.21. The van der Waals surface area contributed by atoms with Crippen molar-refractivity contribution in [3.8, 4) is 11.3 Å². The van der Waals surface area contributed by atoms with E-state index >= 15 is 0 Å². The van der Waals surface area contributed by atoms with Crippen molar-refractivity contribution in [1.82, 2.24) is 10.2 Å². The smallest absolute Gasteiger partial charge is 0.267 e. The van der Waals surface area contributed by atoms with Gasteiger partial charge in [-0.25, -0.2) is 5.10 Å². The predicted octanol–water partition coefficient (Wildman–Crippen LogP) is 2.32. The summed E-state index contributed by atoms with van der Waals surface area (Å²) >= 11 is 0. The van der Waals surface area contributed by atoms with Gasteiger partial charge in [-0.05, 0) is 31.2 Å². The number of benzene rings is 1. The van der Waals surface area contributed by atoms with Crippen molar-refractivity contribution in [3.63, 3.8) is 0 Å². The van der Waals surface area contributed by atoms with Crippen LogP contribution >= 0.6 is 0 Å². The second-order valence-electron chi connectivity index (χ2n) is 4.43. The summed E-state index contributed by atoms with van der Waals surface area (Å²) in [6.45, 7) is 0. The normalized spacial score (nSPS) is 14.4. The van der Waals surface area contributed by atoms with Crippen LogP contribution < -0.4 is 5.56 Å². The standard InChI is InChI=1S/C14H14N2O/c17-14-12-9-5-4-8-11(12)13(15-16-14)10-6-2-1-3-7-10/h1-3,6-7H,4-5,8-9H2,(H,16,17).